The molecule has 280 valence electrons. The molecule has 0 bridgehead atoms. The Morgan fingerprint density at radius 3 is 2.43 bits per heavy atom. The molecule has 4 atom stereocenters. The topological polar surface area (TPSA) is 133 Å². The predicted octanol–water partition coefficient (Wildman–Crippen LogP) is 4.92. The number of methoxy groups -OCH3 is 1. The molecule has 0 saturated carbocycles. The van der Waals surface area contributed by atoms with Gasteiger partial charge in [0.2, 0.25) is 17.7 Å². The molecular formula is C42H51N5O6. The number of ether oxygens (including phenoxy) is 2. The van der Waals surface area contributed by atoms with Crippen molar-refractivity contribution in [1.82, 2.24) is 25.4 Å². The third kappa shape index (κ3) is 8.67. The van der Waals surface area contributed by atoms with Gasteiger partial charge in [0.1, 0.15) is 6.04 Å². The molecule has 2 fully saturated rings. The fourth-order valence-corrected chi connectivity index (χ4v) is 7.86. The van der Waals surface area contributed by atoms with Gasteiger partial charge in [-0.15, -0.1) is 0 Å². The zero-order valence-corrected chi connectivity index (χ0v) is 31.3. The number of nitrogens with one attached hydrogen (secondary N) is 3. The molecule has 3 N–H and O–H groups in total. The molecule has 2 saturated heterocycles. The van der Waals surface area contributed by atoms with Gasteiger partial charge in [-0.2, -0.15) is 0 Å². The SMILES string of the molecule is CNC(=O)[C@H](CCCc1ccccc1)NC(=O)C1CN(C(=O)Cc2c[nH]c3cc(C)ccc23)CC2CN(C(=O)c3ccc(OC(C)C)c(OC)c3)CC21. The molecule has 0 radical (unpaired) electrons. The molecule has 3 aromatic carbocycles. The van der Waals surface area contributed by atoms with Gasteiger partial charge in [0.15, 0.2) is 11.5 Å². The molecule has 2 aliphatic rings. The molecule has 11 heteroatoms. The maximum Gasteiger partial charge on any atom is 0.254 e. The Kier molecular flexibility index (Phi) is 11.7. The number of nitrogens with zero attached hydrogens (tertiary/aromatic N) is 2. The van der Waals surface area contributed by atoms with Crippen LogP contribution in [0.1, 0.15) is 53.7 Å². The number of carbonyl (C=O) groups is 4. The van der Waals surface area contributed by atoms with Crippen molar-refractivity contribution in [3.8, 4) is 11.5 Å². The van der Waals surface area contributed by atoms with Gasteiger partial charge in [-0.3, -0.25) is 19.2 Å². The minimum atomic E-state index is -0.728. The van der Waals surface area contributed by atoms with Crippen LogP contribution >= 0.6 is 0 Å². The van der Waals surface area contributed by atoms with E-state index in [1.165, 1.54) is 5.56 Å². The van der Waals surface area contributed by atoms with Crippen molar-refractivity contribution in [2.75, 3.05) is 40.3 Å². The average Bonchev–Trinajstić information content (AvgIpc) is 3.77. The number of H-pyrrole nitrogens is 1. The van der Waals surface area contributed by atoms with E-state index in [1.807, 2.05) is 57.3 Å². The molecule has 0 spiro atoms. The van der Waals surface area contributed by atoms with E-state index in [9.17, 15) is 19.2 Å². The highest BCUT2D eigenvalue weighted by atomic mass is 16.5. The van der Waals surface area contributed by atoms with E-state index in [1.54, 1.807) is 42.2 Å². The van der Waals surface area contributed by atoms with E-state index < -0.39 is 12.0 Å². The molecule has 4 amide bonds. The van der Waals surface area contributed by atoms with Crippen LogP contribution in [0.15, 0.2) is 72.9 Å². The number of piperidine rings is 1. The second-order valence-corrected chi connectivity index (χ2v) is 14.7. The summed E-state index contributed by atoms with van der Waals surface area (Å²) < 4.78 is 11.4. The van der Waals surface area contributed by atoms with Crippen molar-refractivity contribution in [2.45, 2.75) is 58.6 Å². The minimum absolute atomic E-state index is 0.0621. The maximum absolute atomic E-state index is 14.3. The number of aryl methyl sites for hydroxylation is 2. The molecule has 3 unspecified atom stereocenters. The first-order chi connectivity index (χ1) is 25.5. The third-order valence-corrected chi connectivity index (χ3v) is 10.6. The van der Waals surface area contributed by atoms with Gasteiger partial charge in [-0.05, 0) is 92.8 Å². The third-order valence-electron chi connectivity index (χ3n) is 10.6. The highest BCUT2D eigenvalue weighted by Crippen LogP contribution is 2.38. The van der Waals surface area contributed by atoms with Crippen LogP contribution in [-0.4, -0.2) is 90.9 Å². The number of aromatic amines is 1. The fraction of sp³-hybridized carbons (Fsp3) is 0.429. The molecule has 53 heavy (non-hydrogen) atoms. The first-order valence-corrected chi connectivity index (χ1v) is 18.6. The highest BCUT2D eigenvalue weighted by molar-refractivity contribution is 5.95. The lowest BCUT2D eigenvalue weighted by Gasteiger charge is -2.40. The Bertz CT molecular complexity index is 1940. The molecule has 11 nitrogen and oxygen atoms in total. The van der Waals surface area contributed by atoms with E-state index in [-0.39, 0.29) is 54.5 Å². The molecule has 2 aliphatic heterocycles. The molecular weight excluding hydrogens is 670 g/mol. The van der Waals surface area contributed by atoms with Crippen molar-refractivity contribution < 1.29 is 28.7 Å². The van der Waals surface area contributed by atoms with Crippen LogP contribution in [0.25, 0.3) is 10.9 Å². The summed E-state index contributed by atoms with van der Waals surface area (Å²) in [7, 11) is 3.11. The lowest BCUT2D eigenvalue weighted by atomic mass is 9.79. The van der Waals surface area contributed by atoms with E-state index in [0.717, 1.165) is 28.5 Å². The molecule has 6 rings (SSSR count). The maximum atomic E-state index is 14.3. The van der Waals surface area contributed by atoms with Gasteiger partial charge in [0.25, 0.3) is 5.91 Å². The highest BCUT2D eigenvalue weighted by Gasteiger charge is 2.48. The van der Waals surface area contributed by atoms with Crippen LogP contribution in [0.4, 0.5) is 0 Å². The fourth-order valence-electron chi connectivity index (χ4n) is 7.86. The lowest BCUT2D eigenvalue weighted by molar-refractivity contribution is -0.140. The number of carbonyl (C=O) groups excluding carboxylic acids is 4. The first kappa shape index (κ1) is 37.4. The summed E-state index contributed by atoms with van der Waals surface area (Å²) in [6.45, 7) is 7.26. The number of likely N-dealkylation sites (N-methyl/N-ethyl adjacent to an activating group) is 1. The number of benzene rings is 3. The van der Waals surface area contributed by atoms with Crippen LogP contribution in [0.5, 0.6) is 11.5 Å². The van der Waals surface area contributed by atoms with Crippen LogP contribution < -0.4 is 20.1 Å². The summed E-state index contributed by atoms with van der Waals surface area (Å²) in [6.07, 6.45) is 3.95. The quantitative estimate of drug-likeness (QED) is 0.180. The van der Waals surface area contributed by atoms with Crippen molar-refractivity contribution in [1.29, 1.82) is 0 Å². The number of rotatable bonds is 13. The monoisotopic (exact) mass is 721 g/mol. The van der Waals surface area contributed by atoms with E-state index in [2.05, 4.69) is 33.8 Å². The molecule has 3 heterocycles. The summed E-state index contributed by atoms with van der Waals surface area (Å²) in [5.74, 6) is -0.705. The van der Waals surface area contributed by atoms with Crippen LogP contribution in [-0.2, 0) is 27.2 Å². The second-order valence-electron chi connectivity index (χ2n) is 14.7. The van der Waals surface area contributed by atoms with Gasteiger partial charge in [-0.1, -0.05) is 42.5 Å². The Labute approximate surface area is 311 Å². The Morgan fingerprint density at radius 2 is 1.70 bits per heavy atom. The Morgan fingerprint density at radius 1 is 0.925 bits per heavy atom. The van der Waals surface area contributed by atoms with Gasteiger partial charge in [0, 0.05) is 55.9 Å². The summed E-state index contributed by atoms with van der Waals surface area (Å²) in [5, 5.41) is 6.76. The summed E-state index contributed by atoms with van der Waals surface area (Å²) >= 11 is 0. The van der Waals surface area contributed by atoms with E-state index in [4.69, 9.17) is 9.47 Å². The van der Waals surface area contributed by atoms with Crippen molar-refractivity contribution in [2.24, 2.45) is 17.8 Å². The smallest absolute Gasteiger partial charge is 0.254 e. The van der Waals surface area contributed by atoms with E-state index in [0.29, 0.717) is 49.5 Å². The van der Waals surface area contributed by atoms with Gasteiger partial charge in [-0.25, -0.2) is 0 Å². The molecule has 4 aromatic rings. The van der Waals surface area contributed by atoms with Crippen molar-refractivity contribution >= 4 is 34.5 Å². The average molecular weight is 722 g/mol. The zero-order chi connectivity index (χ0) is 37.6. The minimum Gasteiger partial charge on any atom is -0.493 e. The Balaban J connectivity index is 1.22. The normalized spacial score (nSPS) is 18.8. The van der Waals surface area contributed by atoms with Gasteiger partial charge < -0.3 is 34.9 Å². The van der Waals surface area contributed by atoms with Crippen molar-refractivity contribution in [3.63, 3.8) is 0 Å². The largest absolute Gasteiger partial charge is 0.493 e. The molecule has 1 aromatic heterocycles. The number of likely N-dealkylation sites (tertiary alicyclic amines) is 2. The van der Waals surface area contributed by atoms with Crippen LogP contribution in [0.2, 0.25) is 0 Å². The number of hydrogen-bond acceptors (Lipinski definition) is 6. The zero-order valence-electron chi connectivity index (χ0n) is 31.3. The van der Waals surface area contributed by atoms with Gasteiger partial charge >= 0.3 is 0 Å². The standard InChI is InChI=1S/C42H51N5O6/c1-26(2)53-37-17-15-29(19-38(37)52-5)42(51)47-23-31-22-46(39(48)20-30-21-44-36-18-27(3)14-16-32(30)36)25-34(33(31)24-47)40(49)45-35(41(50)43-4)13-9-12-28-10-7-6-8-11-28/h6-8,10-11,14-19,21,26,31,33-35,44H,9,12-13,20,22-25H2,1-5H3,(H,43,50)(H,45,49)/t31?,33?,34?,35-/m0/s1. The number of hydrogen-bond donors (Lipinski definition) is 3. The summed E-state index contributed by atoms with van der Waals surface area (Å²) in [4.78, 5) is 62.2. The predicted molar refractivity (Wildman–Crippen MR) is 204 cm³/mol. The number of amides is 4. The van der Waals surface area contributed by atoms with Crippen LogP contribution in [0.3, 0.4) is 0 Å². The molecule has 0 aliphatic carbocycles. The lowest BCUT2D eigenvalue weighted by Crippen LogP contribution is -2.56. The second kappa shape index (κ2) is 16.6. The number of fused-ring (bicyclic) bond motifs is 2. The summed E-state index contributed by atoms with van der Waals surface area (Å²) in [6, 6.07) is 20.6. The van der Waals surface area contributed by atoms with Crippen molar-refractivity contribution in [3.05, 3.63) is 95.2 Å². The first-order valence-electron chi connectivity index (χ1n) is 18.6. The number of aromatic nitrogens is 1. The Hall–Kier alpha value is -5.32. The van der Waals surface area contributed by atoms with Crippen LogP contribution in [0, 0.1) is 24.7 Å². The summed E-state index contributed by atoms with van der Waals surface area (Å²) in [5.41, 5.74) is 4.62. The van der Waals surface area contributed by atoms with E-state index >= 15 is 0 Å². The van der Waals surface area contributed by atoms with Gasteiger partial charge in [0.05, 0.1) is 25.6 Å².